The van der Waals surface area contributed by atoms with Gasteiger partial charge in [-0.15, -0.1) is 0 Å². The summed E-state index contributed by atoms with van der Waals surface area (Å²) in [7, 11) is 0. The van der Waals surface area contributed by atoms with E-state index in [1.54, 1.807) is 0 Å². The summed E-state index contributed by atoms with van der Waals surface area (Å²) < 4.78 is 0. The zero-order valence-corrected chi connectivity index (χ0v) is 7.64. The van der Waals surface area contributed by atoms with Gasteiger partial charge in [0.1, 0.15) is 0 Å². The molecule has 0 unspecified atom stereocenters. The second-order valence-electron chi connectivity index (χ2n) is 3.43. The molecule has 1 fully saturated rings. The van der Waals surface area contributed by atoms with E-state index >= 15 is 0 Å². The number of hydrogen-bond donors (Lipinski definition) is 2. The molecular weight excluding hydrogens is 150 g/mol. The number of aliphatic imine (C=N–C) groups is 1. The molecule has 0 radical (unpaired) electrons. The third kappa shape index (κ3) is 2.95. The van der Waals surface area contributed by atoms with Crippen LogP contribution in [-0.2, 0) is 0 Å². The van der Waals surface area contributed by atoms with Crippen molar-refractivity contribution in [3.05, 3.63) is 12.2 Å². The Balaban J connectivity index is 2.20. The second-order valence-corrected chi connectivity index (χ2v) is 3.43. The first-order valence-electron chi connectivity index (χ1n) is 4.39. The smallest absolute Gasteiger partial charge is 0.189 e. The molecular formula is C9H17N3. The fourth-order valence-corrected chi connectivity index (χ4v) is 1.03. The molecule has 1 rings (SSSR count). The van der Waals surface area contributed by atoms with Crippen LogP contribution in [0.2, 0.25) is 0 Å². The fourth-order valence-electron chi connectivity index (χ4n) is 1.03. The summed E-state index contributed by atoms with van der Waals surface area (Å²) in [6.07, 6.45) is 3.76. The van der Waals surface area contributed by atoms with Crippen LogP contribution >= 0.6 is 0 Å². The Hall–Kier alpha value is -0.990. The summed E-state index contributed by atoms with van der Waals surface area (Å²) in [5.74, 6) is 0.558. The van der Waals surface area contributed by atoms with Gasteiger partial charge in [0.25, 0.3) is 0 Å². The lowest BCUT2D eigenvalue weighted by Crippen LogP contribution is -2.43. The Morgan fingerprint density at radius 1 is 1.67 bits per heavy atom. The SMILES string of the molecule is C=C(C)CN=C(N)NC1CCC1. The maximum absolute atomic E-state index is 5.63. The van der Waals surface area contributed by atoms with Crippen LogP contribution in [-0.4, -0.2) is 18.5 Å². The molecule has 0 aliphatic heterocycles. The number of hydrogen-bond acceptors (Lipinski definition) is 1. The average Bonchev–Trinajstić information content (AvgIpc) is 1.93. The van der Waals surface area contributed by atoms with Gasteiger partial charge in [0, 0.05) is 6.04 Å². The van der Waals surface area contributed by atoms with Crippen molar-refractivity contribution in [3.63, 3.8) is 0 Å². The Kier molecular flexibility index (Phi) is 3.14. The Labute approximate surface area is 73.7 Å². The van der Waals surface area contributed by atoms with Gasteiger partial charge < -0.3 is 11.1 Å². The Morgan fingerprint density at radius 3 is 2.75 bits per heavy atom. The summed E-state index contributed by atoms with van der Waals surface area (Å²) in [6.45, 7) is 6.33. The van der Waals surface area contributed by atoms with E-state index in [1.165, 1.54) is 19.3 Å². The minimum atomic E-state index is 0.558. The molecule has 0 saturated heterocycles. The topological polar surface area (TPSA) is 50.4 Å². The van der Waals surface area contributed by atoms with E-state index in [4.69, 9.17) is 5.73 Å². The lowest BCUT2D eigenvalue weighted by molar-refractivity contribution is 0.382. The van der Waals surface area contributed by atoms with Crippen molar-refractivity contribution < 1.29 is 0 Å². The summed E-state index contributed by atoms with van der Waals surface area (Å²) >= 11 is 0. The highest BCUT2D eigenvalue weighted by Crippen LogP contribution is 2.17. The number of guanidine groups is 1. The molecule has 1 saturated carbocycles. The third-order valence-corrected chi connectivity index (χ3v) is 1.98. The van der Waals surface area contributed by atoms with Crippen molar-refractivity contribution in [1.82, 2.24) is 5.32 Å². The third-order valence-electron chi connectivity index (χ3n) is 1.98. The predicted octanol–water partition coefficient (Wildman–Crippen LogP) is 1.02. The van der Waals surface area contributed by atoms with Gasteiger partial charge in [0.15, 0.2) is 5.96 Å². The maximum atomic E-state index is 5.63. The first-order valence-corrected chi connectivity index (χ1v) is 4.39. The van der Waals surface area contributed by atoms with E-state index in [2.05, 4.69) is 16.9 Å². The van der Waals surface area contributed by atoms with Crippen LogP contribution in [0.1, 0.15) is 26.2 Å². The molecule has 0 bridgehead atoms. The highest BCUT2D eigenvalue weighted by Gasteiger charge is 2.16. The maximum Gasteiger partial charge on any atom is 0.189 e. The zero-order chi connectivity index (χ0) is 8.97. The first-order chi connectivity index (χ1) is 5.68. The van der Waals surface area contributed by atoms with E-state index in [-0.39, 0.29) is 0 Å². The van der Waals surface area contributed by atoms with Gasteiger partial charge in [-0.25, -0.2) is 4.99 Å². The minimum absolute atomic E-state index is 0.558. The van der Waals surface area contributed by atoms with Gasteiger partial charge in [-0.3, -0.25) is 0 Å². The Bertz CT molecular complexity index is 192. The number of nitrogens with two attached hydrogens (primary N) is 1. The molecule has 3 heteroatoms. The van der Waals surface area contributed by atoms with Crippen molar-refractivity contribution >= 4 is 5.96 Å². The van der Waals surface area contributed by atoms with E-state index in [0.717, 1.165) is 5.57 Å². The first kappa shape index (κ1) is 9.10. The van der Waals surface area contributed by atoms with E-state index in [0.29, 0.717) is 18.5 Å². The molecule has 0 aromatic rings. The van der Waals surface area contributed by atoms with Crippen LogP contribution in [0, 0.1) is 0 Å². The van der Waals surface area contributed by atoms with Crippen LogP contribution in [0.25, 0.3) is 0 Å². The summed E-state index contributed by atoms with van der Waals surface area (Å²) in [5.41, 5.74) is 6.67. The zero-order valence-electron chi connectivity index (χ0n) is 7.64. The molecule has 0 aromatic heterocycles. The summed E-state index contributed by atoms with van der Waals surface area (Å²) in [6, 6.07) is 0.568. The number of rotatable bonds is 3. The monoisotopic (exact) mass is 167 g/mol. The van der Waals surface area contributed by atoms with Crippen LogP contribution in [0.3, 0.4) is 0 Å². The van der Waals surface area contributed by atoms with E-state index in [1.807, 2.05) is 6.92 Å². The van der Waals surface area contributed by atoms with Gasteiger partial charge in [-0.05, 0) is 26.2 Å². The molecule has 0 atom stereocenters. The van der Waals surface area contributed by atoms with Crippen LogP contribution < -0.4 is 11.1 Å². The molecule has 12 heavy (non-hydrogen) atoms. The predicted molar refractivity (Wildman–Crippen MR) is 52.1 cm³/mol. The van der Waals surface area contributed by atoms with Gasteiger partial charge in [0.05, 0.1) is 6.54 Å². The van der Waals surface area contributed by atoms with Gasteiger partial charge >= 0.3 is 0 Å². The van der Waals surface area contributed by atoms with Crippen molar-refractivity contribution in [2.45, 2.75) is 32.2 Å². The van der Waals surface area contributed by atoms with Crippen LogP contribution in [0.15, 0.2) is 17.1 Å². The molecule has 0 amide bonds. The van der Waals surface area contributed by atoms with E-state index < -0.39 is 0 Å². The lowest BCUT2D eigenvalue weighted by atomic mass is 9.93. The van der Waals surface area contributed by atoms with Crippen LogP contribution in [0.5, 0.6) is 0 Å². The standard InChI is InChI=1S/C9H17N3/c1-7(2)6-11-9(10)12-8-4-3-5-8/h8H,1,3-6H2,2H3,(H3,10,11,12). The van der Waals surface area contributed by atoms with Crippen molar-refractivity contribution in [3.8, 4) is 0 Å². The van der Waals surface area contributed by atoms with E-state index in [9.17, 15) is 0 Å². The van der Waals surface area contributed by atoms with Gasteiger partial charge in [-0.2, -0.15) is 0 Å². The highest BCUT2D eigenvalue weighted by molar-refractivity contribution is 5.78. The Morgan fingerprint density at radius 2 is 2.33 bits per heavy atom. The minimum Gasteiger partial charge on any atom is -0.370 e. The van der Waals surface area contributed by atoms with Gasteiger partial charge in [-0.1, -0.05) is 12.2 Å². The molecule has 3 N–H and O–H groups in total. The summed E-state index contributed by atoms with van der Waals surface area (Å²) in [4.78, 5) is 4.13. The lowest BCUT2D eigenvalue weighted by Gasteiger charge is -2.26. The normalized spacial score (nSPS) is 18.6. The quantitative estimate of drug-likeness (QED) is 0.374. The molecule has 1 aliphatic carbocycles. The largest absolute Gasteiger partial charge is 0.370 e. The molecule has 1 aliphatic rings. The van der Waals surface area contributed by atoms with Crippen molar-refractivity contribution in [1.29, 1.82) is 0 Å². The average molecular weight is 167 g/mol. The summed E-state index contributed by atoms with van der Waals surface area (Å²) in [5, 5.41) is 3.16. The molecule has 0 spiro atoms. The number of nitrogens with zero attached hydrogens (tertiary/aromatic N) is 1. The molecule has 0 heterocycles. The number of nitrogens with one attached hydrogen (secondary N) is 1. The van der Waals surface area contributed by atoms with Crippen molar-refractivity contribution in [2.75, 3.05) is 6.54 Å². The highest BCUT2D eigenvalue weighted by atomic mass is 15.1. The van der Waals surface area contributed by atoms with Crippen molar-refractivity contribution in [2.24, 2.45) is 10.7 Å². The fraction of sp³-hybridized carbons (Fsp3) is 0.667. The molecule has 3 nitrogen and oxygen atoms in total. The molecule has 0 aromatic carbocycles. The molecule has 68 valence electrons. The second kappa shape index (κ2) is 4.14. The van der Waals surface area contributed by atoms with Crippen LogP contribution in [0.4, 0.5) is 0 Å². The van der Waals surface area contributed by atoms with Gasteiger partial charge in [0.2, 0.25) is 0 Å².